The summed E-state index contributed by atoms with van der Waals surface area (Å²) < 4.78 is 5.23. The molecule has 29 heavy (non-hydrogen) atoms. The van der Waals surface area contributed by atoms with E-state index >= 15 is 0 Å². The van der Waals surface area contributed by atoms with Gasteiger partial charge < -0.3 is 25.4 Å². The van der Waals surface area contributed by atoms with Crippen LogP contribution >= 0.6 is 0 Å². The van der Waals surface area contributed by atoms with Crippen LogP contribution in [0.3, 0.4) is 0 Å². The molecule has 6 heteroatoms. The zero-order valence-corrected chi connectivity index (χ0v) is 17.6. The summed E-state index contributed by atoms with van der Waals surface area (Å²) in [6.07, 6.45) is 0.379. The number of methoxy groups -OCH3 is 1. The Morgan fingerprint density at radius 2 is 2.07 bits per heavy atom. The maximum absolute atomic E-state index is 10.5. The highest BCUT2D eigenvalue weighted by Crippen LogP contribution is 2.21. The zero-order valence-electron chi connectivity index (χ0n) is 17.6. The van der Waals surface area contributed by atoms with Crippen molar-refractivity contribution in [3.8, 4) is 5.75 Å². The monoisotopic (exact) mass is 396 g/mol. The number of nitrogens with one attached hydrogen (secondary N) is 2. The Hall–Kier alpha value is -2.73. The maximum Gasteiger partial charge on any atom is 0.191 e. The van der Waals surface area contributed by atoms with Gasteiger partial charge in [0.2, 0.25) is 0 Å². The first-order valence-corrected chi connectivity index (χ1v) is 10.3. The topological polar surface area (TPSA) is 69.1 Å². The van der Waals surface area contributed by atoms with Gasteiger partial charge in [-0.05, 0) is 50.1 Å². The molecule has 3 rings (SSSR count). The summed E-state index contributed by atoms with van der Waals surface area (Å²) in [5.74, 6) is 1.47. The second-order valence-corrected chi connectivity index (χ2v) is 7.42. The number of benzene rings is 2. The van der Waals surface area contributed by atoms with Gasteiger partial charge in [-0.3, -0.25) is 4.99 Å². The lowest BCUT2D eigenvalue weighted by atomic mass is 10.1. The average molecular weight is 397 g/mol. The van der Waals surface area contributed by atoms with Crippen molar-refractivity contribution in [2.24, 2.45) is 4.99 Å². The highest BCUT2D eigenvalue weighted by Gasteiger charge is 2.23. The van der Waals surface area contributed by atoms with E-state index in [0.29, 0.717) is 6.04 Å². The van der Waals surface area contributed by atoms with Crippen LogP contribution in [-0.2, 0) is 0 Å². The van der Waals surface area contributed by atoms with Crippen LogP contribution in [0.2, 0.25) is 0 Å². The van der Waals surface area contributed by atoms with Gasteiger partial charge in [0.1, 0.15) is 5.75 Å². The molecule has 156 valence electrons. The van der Waals surface area contributed by atoms with E-state index in [9.17, 15) is 5.11 Å². The van der Waals surface area contributed by atoms with Gasteiger partial charge in [0.15, 0.2) is 5.96 Å². The fraction of sp³-hybridized carbons (Fsp3) is 0.435. The van der Waals surface area contributed by atoms with Gasteiger partial charge in [0.25, 0.3) is 0 Å². The van der Waals surface area contributed by atoms with Crippen molar-refractivity contribution in [1.29, 1.82) is 0 Å². The Kier molecular flexibility index (Phi) is 7.36. The van der Waals surface area contributed by atoms with E-state index in [1.54, 1.807) is 7.11 Å². The van der Waals surface area contributed by atoms with E-state index in [4.69, 9.17) is 4.74 Å². The van der Waals surface area contributed by atoms with Crippen LogP contribution in [0.4, 0.5) is 5.69 Å². The first kappa shape index (κ1) is 21.0. The molecule has 1 aliphatic rings. The average Bonchev–Trinajstić information content (AvgIpc) is 3.21. The minimum Gasteiger partial charge on any atom is -0.497 e. The smallest absolute Gasteiger partial charge is 0.191 e. The molecule has 0 aliphatic carbocycles. The van der Waals surface area contributed by atoms with E-state index < -0.39 is 6.10 Å². The molecule has 1 aliphatic heterocycles. The molecule has 2 unspecified atom stereocenters. The Labute approximate surface area is 173 Å². The number of nitrogens with zero attached hydrogens (tertiary/aromatic N) is 2. The number of ether oxygens (including phenoxy) is 1. The van der Waals surface area contributed by atoms with E-state index in [-0.39, 0.29) is 6.54 Å². The third-order valence-electron chi connectivity index (χ3n) is 5.17. The lowest BCUT2D eigenvalue weighted by Crippen LogP contribution is -2.44. The summed E-state index contributed by atoms with van der Waals surface area (Å²) in [6, 6.07) is 16.5. The molecule has 3 N–H and O–H groups in total. The van der Waals surface area contributed by atoms with Gasteiger partial charge in [-0.2, -0.15) is 0 Å². The molecule has 1 saturated heterocycles. The number of aliphatic hydroxyl groups is 1. The second-order valence-electron chi connectivity index (χ2n) is 7.42. The molecular formula is C23H32N4O2. The van der Waals surface area contributed by atoms with Crippen molar-refractivity contribution < 1.29 is 9.84 Å². The van der Waals surface area contributed by atoms with Crippen LogP contribution in [0.1, 0.15) is 30.6 Å². The van der Waals surface area contributed by atoms with E-state index in [2.05, 4.69) is 51.7 Å². The molecule has 0 saturated carbocycles. The van der Waals surface area contributed by atoms with Crippen LogP contribution in [-0.4, -0.2) is 50.4 Å². The van der Waals surface area contributed by atoms with Gasteiger partial charge in [0, 0.05) is 31.4 Å². The minimum atomic E-state index is -0.673. The standard InChI is InChI=1S/C23H32N4O2/c1-4-24-23(25-15-22(28)18-6-5-7-21(14-18)29-3)26-19-12-13-27(16-19)20-10-8-17(2)9-11-20/h5-11,14,19,22,28H,4,12-13,15-16H2,1-3H3,(H2,24,25,26). The summed E-state index contributed by atoms with van der Waals surface area (Å²) in [6.45, 7) is 7.17. The van der Waals surface area contributed by atoms with E-state index in [0.717, 1.165) is 43.3 Å². The largest absolute Gasteiger partial charge is 0.497 e. The molecule has 0 bridgehead atoms. The lowest BCUT2D eigenvalue weighted by Gasteiger charge is -2.21. The summed E-state index contributed by atoms with van der Waals surface area (Å²) >= 11 is 0. The van der Waals surface area contributed by atoms with Crippen molar-refractivity contribution >= 4 is 11.6 Å². The SMILES string of the molecule is CCNC(=NCC(O)c1cccc(OC)c1)NC1CCN(c2ccc(C)cc2)C1. The molecule has 6 nitrogen and oxygen atoms in total. The number of guanidine groups is 1. The van der Waals surface area contributed by atoms with Gasteiger partial charge in [-0.25, -0.2) is 0 Å². The Morgan fingerprint density at radius 1 is 1.28 bits per heavy atom. The fourth-order valence-corrected chi connectivity index (χ4v) is 3.51. The van der Waals surface area contributed by atoms with Crippen LogP contribution in [0.15, 0.2) is 53.5 Å². The third kappa shape index (κ3) is 5.87. The number of hydrogen-bond donors (Lipinski definition) is 3. The Morgan fingerprint density at radius 3 is 2.79 bits per heavy atom. The number of aryl methyl sites for hydroxylation is 1. The van der Waals surface area contributed by atoms with Gasteiger partial charge in [-0.1, -0.05) is 29.8 Å². The molecule has 2 aromatic carbocycles. The molecular weight excluding hydrogens is 364 g/mol. The van der Waals surface area contributed by atoms with Crippen molar-refractivity contribution in [2.75, 3.05) is 38.2 Å². The molecule has 0 radical (unpaired) electrons. The van der Waals surface area contributed by atoms with Crippen molar-refractivity contribution in [1.82, 2.24) is 10.6 Å². The number of anilines is 1. The maximum atomic E-state index is 10.5. The van der Waals surface area contributed by atoms with Crippen LogP contribution in [0.25, 0.3) is 0 Å². The van der Waals surface area contributed by atoms with Gasteiger partial charge in [0.05, 0.1) is 19.8 Å². The molecule has 2 atom stereocenters. The second kappa shape index (κ2) is 10.2. The number of aliphatic hydroxyl groups excluding tert-OH is 1. The van der Waals surface area contributed by atoms with Crippen LogP contribution < -0.4 is 20.3 Å². The highest BCUT2D eigenvalue weighted by atomic mass is 16.5. The van der Waals surface area contributed by atoms with Crippen molar-refractivity contribution in [3.05, 3.63) is 59.7 Å². The highest BCUT2D eigenvalue weighted by molar-refractivity contribution is 5.80. The fourth-order valence-electron chi connectivity index (χ4n) is 3.51. The van der Waals surface area contributed by atoms with Gasteiger partial charge in [-0.15, -0.1) is 0 Å². The molecule has 1 heterocycles. The lowest BCUT2D eigenvalue weighted by molar-refractivity contribution is 0.186. The summed E-state index contributed by atoms with van der Waals surface area (Å²) in [5.41, 5.74) is 3.34. The number of hydrogen-bond acceptors (Lipinski definition) is 4. The Balaban J connectivity index is 1.58. The van der Waals surface area contributed by atoms with Gasteiger partial charge >= 0.3 is 0 Å². The van der Waals surface area contributed by atoms with Crippen molar-refractivity contribution in [2.45, 2.75) is 32.4 Å². The summed E-state index contributed by atoms with van der Waals surface area (Å²) in [4.78, 5) is 7.00. The number of rotatable bonds is 7. The predicted molar refractivity (Wildman–Crippen MR) is 119 cm³/mol. The predicted octanol–water partition coefficient (Wildman–Crippen LogP) is 2.87. The van der Waals surface area contributed by atoms with Crippen molar-refractivity contribution in [3.63, 3.8) is 0 Å². The zero-order chi connectivity index (χ0) is 20.6. The molecule has 2 aromatic rings. The molecule has 0 spiro atoms. The summed E-state index contributed by atoms with van der Waals surface area (Å²) in [7, 11) is 1.62. The quantitative estimate of drug-likeness (QED) is 0.496. The third-order valence-corrected chi connectivity index (χ3v) is 5.17. The molecule has 0 amide bonds. The summed E-state index contributed by atoms with van der Waals surface area (Å²) in [5, 5.41) is 17.3. The Bertz CT molecular complexity index is 807. The first-order valence-electron chi connectivity index (χ1n) is 10.3. The first-order chi connectivity index (χ1) is 14.1. The van der Waals surface area contributed by atoms with Crippen LogP contribution in [0.5, 0.6) is 5.75 Å². The number of aliphatic imine (C=N–C) groups is 1. The minimum absolute atomic E-state index is 0.289. The van der Waals surface area contributed by atoms with Crippen LogP contribution in [0, 0.1) is 6.92 Å². The molecule has 1 fully saturated rings. The normalized spacial score (nSPS) is 17.9. The van der Waals surface area contributed by atoms with E-state index in [1.165, 1.54) is 11.3 Å². The van der Waals surface area contributed by atoms with E-state index in [1.807, 2.05) is 31.2 Å². The molecule has 0 aromatic heterocycles.